The molecule has 2 heterocycles. The van der Waals surface area contributed by atoms with Gasteiger partial charge in [0.1, 0.15) is 11.1 Å². The number of carbonyl (C=O) groups excluding carboxylic acids is 2. The third-order valence-corrected chi connectivity index (χ3v) is 6.42. The molecule has 7 nitrogen and oxygen atoms in total. The number of hydrogen-bond acceptors (Lipinski definition) is 6. The van der Waals surface area contributed by atoms with Crippen LogP contribution in [0, 0.1) is 0 Å². The molecular weight excluding hydrogens is 484 g/mol. The van der Waals surface area contributed by atoms with Crippen molar-refractivity contribution in [2.24, 2.45) is 0 Å². The largest absolute Gasteiger partial charge is 0.458 e. The Morgan fingerprint density at radius 1 is 0.973 bits per heavy atom. The number of amides is 1. The quantitative estimate of drug-likeness (QED) is 0.288. The number of aromatic amines is 1. The molecule has 0 radical (unpaired) electrons. The molecule has 4 aromatic rings. The molecule has 2 aromatic carbocycles. The Morgan fingerprint density at radius 2 is 1.73 bits per heavy atom. The highest BCUT2D eigenvalue weighted by atomic mass is 32.2. The summed E-state index contributed by atoms with van der Waals surface area (Å²) in [5, 5.41) is 11.3. The monoisotopic (exact) mass is 514 g/mol. The lowest BCUT2D eigenvalue weighted by Gasteiger charge is -2.29. The van der Waals surface area contributed by atoms with E-state index in [4.69, 9.17) is 4.74 Å². The van der Waals surface area contributed by atoms with Crippen LogP contribution < -0.4 is 5.32 Å². The Kier molecular flexibility index (Phi) is 7.50. The van der Waals surface area contributed by atoms with Crippen LogP contribution in [0.3, 0.4) is 0 Å². The van der Waals surface area contributed by atoms with Crippen molar-refractivity contribution in [3.8, 4) is 0 Å². The first-order valence-corrected chi connectivity index (χ1v) is 12.7. The Balaban J connectivity index is 1.52. The lowest BCUT2D eigenvalue weighted by Crippen LogP contribution is -2.52. The van der Waals surface area contributed by atoms with Crippen LogP contribution >= 0.6 is 11.8 Å². The topological polar surface area (TPSA) is 97.0 Å². The van der Waals surface area contributed by atoms with E-state index in [1.165, 1.54) is 11.8 Å². The van der Waals surface area contributed by atoms with Crippen LogP contribution in [0.2, 0.25) is 0 Å². The number of rotatable bonds is 7. The van der Waals surface area contributed by atoms with Gasteiger partial charge in [-0.15, -0.1) is 0 Å². The van der Waals surface area contributed by atoms with Crippen molar-refractivity contribution in [3.05, 3.63) is 83.8 Å². The number of H-pyrrole nitrogens is 1. The zero-order chi connectivity index (χ0) is 26.6. The van der Waals surface area contributed by atoms with Gasteiger partial charge in [-0.25, -0.2) is 4.79 Å². The van der Waals surface area contributed by atoms with Gasteiger partial charge >= 0.3 is 5.97 Å². The van der Waals surface area contributed by atoms with Gasteiger partial charge in [0.2, 0.25) is 0 Å². The molecule has 4 rings (SSSR count). The zero-order valence-corrected chi connectivity index (χ0v) is 22.3. The van der Waals surface area contributed by atoms with Crippen LogP contribution in [0.15, 0.2) is 76.7 Å². The van der Waals surface area contributed by atoms with Gasteiger partial charge in [-0.05, 0) is 89.2 Å². The zero-order valence-electron chi connectivity index (χ0n) is 21.5. The minimum atomic E-state index is -1.18. The van der Waals surface area contributed by atoms with Gasteiger partial charge in [0.25, 0.3) is 5.91 Å². The Labute approximate surface area is 220 Å². The number of carbonyl (C=O) groups is 2. The molecule has 0 saturated carbocycles. The molecule has 0 atom stereocenters. The second kappa shape index (κ2) is 10.6. The van der Waals surface area contributed by atoms with E-state index in [9.17, 15) is 9.59 Å². The summed E-state index contributed by atoms with van der Waals surface area (Å²) >= 11 is 1.47. The highest BCUT2D eigenvalue weighted by Crippen LogP contribution is 2.33. The number of fused-ring (bicyclic) bond motifs is 1. The normalized spacial score (nSPS) is 12.1. The summed E-state index contributed by atoms with van der Waals surface area (Å²) in [5.41, 5.74) is 1.21. The van der Waals surface area contributed by atoms with Crippen LogP contribution in [0.4, 0.5) is 0 Å². The number of benzene rings is 2. The number of ether oxygens (including phenoxy) is 1. The predicted octanol–water partition coefficient (Wildman–Crippen LogP) is 6.13. The second-order valence-electron chi connectivity index (χ2n) is 10.1. The first kappa shape index (κ1) is 26.2. The van der Waals surface area contributed by atoms with E-state index in [0.29, 0.717) is 5.56 Å². The van der Waals surface area contributed by atoms with Crippen molar-refractivity contribution in [1.29, 1.82) is 0 Å². The summed E-state index contributed by atoms with van der Waals surface area (Å²) in [6.45, 7) is 8.67. The number of esters is 1. The first-order chi connectivity index (χ1) is 17.5. The fraction of sp³-hybridized carbons (Fsp3) is 0.241. The maximum atomic E-state index is 13.2. The Hall–Kier alpha value is -3.91. The average Bonchev–Trinajstić information content (AvgIpc) is 3.24. The van der Waals surface area contributed by atoms with Gasteiger partial charge in [-0.1, -0.05) is 30.0 Å². The molecule has 0 saturated heterocycles. The number of aromatic nitrogens is 3. The number of nitrogens with one attached hydrogen (secondary N) is 2. The van der Waals surface area contributed by atoms with Crippen LogP contribution in [0.1, 0.15) is 56.4 Å². The molecule has 0 aliphatic rings. The molecule has 2 aromatic heterocycles. The average molecular weight is 515 g/mol. The van der Waals surface area contributed by atoms with Crippen LogP contribution in [-0.4, -0.2) is 38.2 Å². The summed E-state index contributed by atoms with van der Waals surface area (Å²) in [7, 11) is 0. The molecule has 2 N–H and O–H groups in total. The molecule has 0 unspecified atom stereocenters. The van der Waals surface area contributed by atoms with Gasteiger partial charge in [-0.3, -0.25) is 14.9 Å². The smallest absolute Gasteiger partial charge is 0.331 e. The summed E-state index contributed by atoms with van der Waals surface area (Å²) in [5.74, 6) is -0.834. The molecule has 0 bridgehead atoms. The number of hydrogen-bond donors (Lipinski definition) is 2. The molecule has 8 heteroatoms. The minimum absolute atomic E-state index is 0.344. The van der Waals surface area contributed by atoms with Gasteiger partial charge in [0, 0.05) is 21.4 Å². The van der Waals surface area contributed by atoms with Gasteiger partial charge < -0.3 is 10.1 Å². The highest BCUT2D eigenvalue weighted by Gasteiger charge is 2.34. The summed E-state index contributed by atoms with van der Waals surface area (Å²) in [6, 6.07) is 19.1. The third-order valence-electron chi connectivity index (χ3n) is 5.36. The Bertz CT molecular complexity index is 1450. The Morgan fingerprint density at radius 3 is 2.46 bits per heavy atom. The maximum absolute atomic E-state index is 13.2. The number of nitrogens with zero attached hydrogens (tertiary/aromatic N) is 2. The fourth-order valence-corrected chi connectivity index (χ4v) is 4.51. The van der Waals surface area contributed by atoms with Crippen molar-refractivity contribution in [2.75, 3.05) is 0 Å². The van der Waals surface area contributed by atoms with E-state index in [1.54, 1.807) is 52.9 Å². The van der Waals surface area contributed by atoms with E-state index in [1.807, 2.05) is 60.7 Å². The van der Waals surface area contributed by atoms with Crippen molar-refractivity contribution in [1.82, 2.24) is 20.5 Å². The van der Waals surface area contributed by atoms with E-state index < -0.39 is 17.1 Å². The molecule has 0 aliphatic heterocycles. The summed E-state index contributed by atoms with van der Waals surface area (Å²) < 4.78 is 5.47. The molecular formula is C29H30N4O3S. The van der Waals surface area contributed by atoms with E-state index >= 15 is 0 Å². The second-order valence-corrected chi connectivity index (χ2v) is 11.2. The van der Waals surface area contributed by atoms with Crippen LogP contribution in [0.25, 0.3) is 23.1 Å². The molecule has 0 aliphatic carbocycles. The molecule has 37 heavy (non-hydrogen) atoms. The highest BCUT2D eigenvalue weighted by molar-refractivity contribution is 7.99. The first-order valence-electron chi connectivity index (χ1n) is 11.9. The summed E-state index contributed by atoms with van der Waals surface area (Å²) in [4.78, 5) is 31.8. The van der Waals surface area contributed by atoms with E-state index in [0.717, 1.165) is 32.1 Å². The molecule has 190 valence electrons. The number of pyridine rings is 1. The summed E-state index contributed by atoms with van der Waals surface area (Å²) in [6.07, 6.45) is 5.61. The van der Waals surface area contributed by atoms with Crippen molar-refractivity contribution < 1.29 is 14.3 Å². The van der Waals surface area contributed by atoms with Crippen LogP contribution in [0.5, 0.6) is 0 Å². The van der Waals surface area contributed by atoms with Crippen molar-refractivity contribution in [3.63, 3.8) is 0 Å². The fourth-order valence-electron chi connectivity index (χ4n) is 3.53. The maximum Gasteiger partial charge on any atom is 0.331 e. The molecule has 0 fully saturated rings. The standard InChI is InChI=1S/C29H30N4O3S/c1-28(2,3)36-27(35)29(4,5)31-26(34)22-11-6-7-12-25(22)37-20-14-15-21-23(32-33-24(21)18-20)16-13-19-10-8-9-17-30-19/h6-18H,1-5H3,(H,31,34)(H,32,33)/b16-13+. The van der Waals surface area contributed by atoms with E-state index in [2.05, 4.69) is 20.5 Å². The molecule has 1 amide bonds. The van der Waals surface area contributed by atoms with Gasteiger partial charge in [0.05, 0.1) is 22.5 Å². The predicted molar refractivity (Wildman–Crippen MR) is 147 cm³/mol. The van der Waals surface area contributed by atoms with Crippen molar-refractivity contribution >= 4 is 46.7 Å². The lowest BCUT2D eigenvalue weighted by atomic mass is 10.0. The van der Waals surface area contributed by atoms with E-state index in [-0.39, 0.29) is 5.91 Å². The van der Waals surface area contributed by atoms with Crippen molar-refractivity contribution in [2.45, 2.75) is 55.5 Å². The molecule has 0 spiro atoms. The van der Waals surface area contributed by atoms with Gasteiger partial charge in [-0.2, -0.15) is 5.10 Å². The third kappa shape index (κ3) is 6.65. The minimum Gasteiger partial charge on any atom is -0.458 e. The SMILES string of the molecule is CC(C)(C)OC(=O)C(C)(C)NC(=O)c1ccccc1Sc1ccc2c(/C=C/c3ccccn3)n[nH]c2c1. The van der Waals surface area contributed by atoms with Crippen LogP contribution in [-0.2, 0) is 9.53 Å². The van der Waals surface area contributed by atoms with Gasteiger partial charge in [0.15, 0.2) is 0 Å². The lowest BCUT2D eigenvalue weighted by molar-refractivity contribution is -0.161.